The first kappa shape index (κ1) is 22.3. The van der Waals surface area contributed by atoms with Crippen LogP contribution in [-0.4, -0.2) is 51.0 Å². The van der Waals surface area contributed by atoms with Crippen LogP contribution in [0.1, 0.15) is 16.8 Å². The van der Waals surface area contributed by atoms with E-state index in [1.54, 1.807) is 29.7 Å². The van der Waals surface area contributed by atoms with Crippen LogP contribution in [0.2, 0.25) is 0 Å². The lowest BCUT2D eigenvalue weighted by atomic mass is 10.1. The summed E-state index contributed by atoms with van der Waals surface area (Å²) in [6, 6.07) is 19.2. The summed E-state index contributed by atoms with van der Waals surface area (Å²) in [5, 5.41) is 0. The fourth-order valence-electron chi connectivity index (χ4n) is 4.09. The van der Waals surface area contributed by atoms with Crippen molar-refractivity contribution in [3.05, 3.63) is 83.7 Å². The van der Waals surface area contributed by atoms with Crippen LogP contribution >= 0.6 is 0 Å². The molecule has 0 spiro atoms. The second-order valence-corrected chi connectivity index (χ2v) is 9.95. The number of rotatable bonds is 7. The van der Waals surface area contributed by atoms with Gasteiger partial charge in [0, 0.05) is 49.8 Å². The zero-order valence-electron chi connectivity index (χ0n) is 18.6. The molecule has 2 heterocycles. The highest BCUT2D eigenvalue weighted by atomic mass is 32.2. The zero-order valence-corrected chi connectivity index (χ0v) is 19.4. The number of aromatic nitrogens is 1. The number of piperazine rings is 1. The van der Waals surface area contributed by atoms with E-state index in [1.165, 1.54) is 11.3 Å². The van der Waals surface area contributed by atoms with Crippen molar-refractivity contribution in [1.82, 2.24) is 9.29 Å². The van der Waals surface area contributed by atoms with E-state index in [0.717, 1.165) is 23.4 Å². The van der Waals surface area contributed by atoms with Crippen molar-refractivity contribution >= 4 is 15.7 Å². The van der Waals surface area contributed by atoms with Crippen LogP contribution in [-0.2, 0) is 22.9 Å². The Kier molecular flexibility index (Phi) is 6.77. The van der Waals surface area contributed by atoms with Crippen LogP contribution in [0.3, 0.4) is 0 Å². The molecule has 2 aromatic carbocycles. The van der Waals surface area contributed by atoms with Gasteiger partial charge in [0.2, 0.25) is 10.0 Å². The second kappa shape index (κ2) is 9.71. The standard InChI is InChI=1S/C25H29N3O3S/c1-20-6-3-4-9-25(20)27-14-16-28(17-15-27)32(29,30)24-8-5-7-21(18-24)10-11-22-19-23(31-2)12-13-26-22/h3-9,12-13,18-19H,10-11,14-17H2,1-2H3. The molecule has 1 saturated heterocycles. The van der Waals surface area contributed by atoms with Gasteiger partial charge in [0.25, 0.3) is 0 Å². The SMILES string of the molecule is COc1ccnc(CCc2cccc(S(=O)(=O)N3CCN(c4ccccc4C)CC3)c2)c1. The molecule has 1 aliphatic rings. The van der Waals surface area contributed by atoms with E-state index in [4.69, 9.17) is 4.74 Å². The molecule has 0 unspecified atom stereocenters. The number of para-hydroxylation sites is 1. The Morgan fingerprint density at radius 2 is 1.72 bits per heavy atom. The molecular formula is C25H29N3O3S. The average molecular weight is 452 g/mol. The summed E-state index contributed by atoms with van der Waals surface area (Å²) in [6.45, 7) is 4.42. The van der Waals surface area contributed by atoms with Crippen LogP contribution < -0.4 is 9.64 Å². The molecule has 1 aliphatic heterocycles. The number of hydrogen-bond donors (Lipinski definition) is 0. The summed E-state index contributed by atoms with van der Waals surface area (Å²) in [7, 11) is -1.89. The topological polar surface area (TPSA) is 62.7 Å². The Balaban J connectivity index is 1.42. The van der Waals surface area contributed by atoms with Crippen molar-refractivity contribution in [2.75, 3.05) is 38.2 Å². The number of hydrogen-bond acceptors (Lipinski definition) is 5. The Morgan fingerprint density at radius 1 is 0.938 bits per heavy atom. The third-order valence-electron chi connectivity index (χ3n) is 5.92. The van der Waals surface area contributed by atoms with E-state index in [0.29, 0.717) is 37.5 Å². The van der Waals surface area contributed by atoms with Gasteiger partial charge in [-0.25, -0.2) is 8.42 Å². The van der Waals surface area contributed by atoms with Gasteiger partial charge < -0.3 is 9.64 Å². The van der Waals surface area contributed by atoms with Gasteiger partial charge in [-0.2, -0.15) is 4.31 Å². The summed E-state index contributed by atoms with van der Waals surface area (Å²) < 4.78 is 33.4. The molecule has 1 fully saturated rings. The van der Waals surface area contributed by atoms with Crippen molar-refractivity contribution in [2.24, 2.45) is 0 Å². The third-order valence-corrected chi connectivity index (χ3v) is 7.82. The highest BCUT2D eigenvalue weighted by Gasteiger charge is 2.29. The lowest BCUT2D eigenvalue weighted by Gasteiger charge is -2.36. The average Bonchev–Trinajstić information content (AvgIpc) is 2.83. The minimum absolute atomic E-state index is 0.359. The summed E-state index contributed by atoms with van der Waals surface area (Å²) in [4.78, 5) is 7.00. The Labute approximate surface area is 190 Å². The summed E-state index contributed by atoms with van der Waals surface area (Å²) in [6.07, 6.45) is 3.16. The molecule has 0 radical (unpaired) electrons. The van der Waals surface area contributed by atoms with Gasteiger partial charge >= 0.3 is 0 Å². The van der Waals surface area contributed by atoms with Crippen molar-refractivity contribution in [2.45, 2.75) is 24.7 Å². The van der Waals surface area contributed by atoms with Crippen molar-refractivity contribution in [3.8, 4) is 5.75 Å². The first-order valence-electron chi connectivity index (χ1n) is 10.9. The first-order valence-corrected chi connectivity index (χ1v) is 12.3. The lowest BCUT2D eigenvalue weighted by Crippen LogP contribution is -2.48. The minimum Gasteiger partial charge on any atom is -0.497 e. The minimum atomic E-state index is -3.52. The summed E-state index contributed by atoms with van der Waals surface area (Å²) in [5.41, 5.74) is 4.29. The Morgan fingerprint density at radius 3 is 2.47 bits per heavy atom. The van der Waals surface area contributed by atoms with Crippen molar-refractivity contribution < 1.29 is 13.2 Å². The maximum atomic E-state index is 13.3. The van der Waals surface area contributed by atoms with Crippen LogP contribution in [0, 0.1) is 6.92 Å². The number of anilines is 1. The zero-order chi connectivity index (χ0) is 22.6. The van der Waals surface area contributed by atoms with E-state index in [2.05, 4.69) is 28.9 Å². The monoisotopic (exact) mass is 451 g/mol. The molecule has 0 saturated carbocycles. The highest BCUT2D eigenvalue weighted by molar-refractivity contribution is 7.89. The molecule has 6 nitrogen and oxygen atoms in total. The van der Waals surface area contributed by atoms with E-state index < -0.39 is 10.0 Å². The number of sulfonamides is 1. The predicted molar refractivity (Wildman–Crippen MR) is 127 cm³/mol. The van der Waals surface area contributed by atoms with E-state index in [-0.39, 0.29) is 0 Å². The molecule has 32 heavy (non-hydrogen) atoms. The number of nitrogens with zero attached hydrogens (tertiary/aromatic N) is 3. The summed E-state index contributed by atoms with van der Waals surface area (Å²) >= 11 is 0. The molecule has 0 aliphatic carbocycles. The van der Waals surface area contributed by atoms with Crippen LogP contribution in [0.4, 0.5) is 5.69 Å². The highest BCUT2D eigenvalue weighted by Crippen LogP contribution is 2.24. The fraction of sp³-hybridized carbons (Fsp3) is 0.320. The molecule has 0 amide bonds. The molecular weight excluding hydrogens is 422 g/mol. The Bertz CT molecular complexity index is 1170. The van der Waals surface area contributed by atoms with Crippen molar-refractivity contribution in [3.63, 3.8) is 0 Å². The van der Waals surface area contributed by atoms with Gasteiger partial charge in [0.15, 0.2) is 0 Å². The molecule has 0 N–H and O–H groups in total. The number of ether oxygens (including phenoxy) is 1. The molecule has 0 atom stereocenters. The van der Waals surface area contributed by atoms with Crippen LogP contribution in [0.25, 0.3) is 0 Å². The molecule has 4 rings (SSSR count). The normalized spacial score (nSPS) is 15.0. The molecule has 168 valence electrons. The van der Waals surface area contributed by atoms with Gasteiger partial charge in [0.1, 0.15) is 5.75 Å². The van der Waals surface area contributed by atoms with E-state index >= 15 is 0 Å². The maximum Gasteiger partial charge on any atom is 0.243 e. The van der Waals surface area contributed by atoms with E-state index in [1.807, 2.05) is 36.4 Å². The third kappa shape index (κ3) is 4.95. The summed E-state index contributed by atoms with van der Waals surface area (Å²) in [5.74, 6) is 0.774. The number of benzene rings is 2. The van der Waals surface area contributed by atoms with E-state index in [9.17, 15) is 8.42 Å². The first-order chi connectivity index (χ1) is 15.5. The van der Waals surface area contributed by atoms with Crippen molar-refractivity contribution in [1.29, 1.82) is 0 Å². The lowest BCUT2D eigenvalue weighted by molar-refractivity contribution is 0.384. The Hall–Kier alpha value is -2.90. The maximum absolute atomic E-state index is 13.3. The van der Waals surface area contributed by atoms with Crippen LogP contribution in [0.15, 0.2) is 71.8 Å². The molecule has 7 heteroatoms. The largest absolute Gasteiger partial charge is 0.497 e. The van der Waals surface area contributed by atoms with Gasteiger partial charge in [-0.3, -0.25) is 4.98 Å². The predicted octanol–water partition coefficient (Wildman–Crippen LogP) is 3.69. The van der Waals surface area contributed by atoms with Gasteiger partial charge in [-0.05, 0) is 55.2 Å². The van der Waals surface area contributed by atoms with Gasteiger partial charge in [-0.15, -0.1) is 0 Å². The molecule has 3 aromatic rings. The number of methoxy groups -OCH3 is 1. The van der Waals surface area contributed by atoms with Crippen LogP contribution in [0.5, 0.6) is 5.75 Å². The quantitative estimate of drug-likeness (QED) is 0.548. The molecule has 0 bridgehead atoms. The number of pyridine rings is 1. The number of aryl methyl sites for hydroxylation is 3. The molecule has 1 aromatic heterocycles. The smallest absolute Gasteiger partial charge is 0.243 e. The second-order valence-electron chi connectivity index (χ2n) is 8.01. The van der Waals surface area contributed by atoms with Gasteiger partial charge in [0.05, 0.1) is 12.0 Å². The van der Waals surface area contributed by atoms with Gasteiger partial charge in [-0.1, -0.05) is 30.3 Å². The fourth-order valence-corrected chi connectivity index (χ4v) is 5.58.